The molecule has 7 unspecified atom stereocenters. The fraction of sp³-hybridized carbons (Fsp3) is 0.966. The Morgan fingerprint density at radius 1 is 0.775 bits per heavy atom. The van der Waals surface area contributed by atoms with Crippen molar-refractivity contribution in [3.63, 3.8) is 0 Å². The van der Waals surface area contributed by atoms with Gasteiger partial charge in [0, 0.05) is 12.3 Å². The first-order chi connectivity index (χ1) is 19.2. The number of carbonyl (C=O) groups excluding carboxylic acids is 1. The monoisotopic (exact) mass is 599 g/mol. The second kappa shape index (κ2) is 26.1. The van der Waals surface area contributed by atoms with Crippen molar-refractivity contribution in [2.75, 3.05) is 19.1 Å². The fourth-order valence-electron chi connectivity index (χ4n) is 4.42. The minimum atomic E-state index is -1.64. The number of carbonyl (C=O) groups is 1. The highest BCUT2D eigenvalue weighted by atomic mass is 35.5. The molecule has 0 saturated heterocycles. The Morgan fingerprint density at radius 3 is 1.82 bits per heavy atom. The maximum Gasteiger partial charge on any atom is 0.220 e. The van der Waals surface area contributed by atoms with Gasteiger partial charge in [-0.05, 0) is 26.2 Å². The van der Waals surface area contributed by atoms with E-state index < -0.39 is 49.3 Å². The molecule has 11 heteroatoms. The molecule has 7 N–H and O–H groups in total. The Labute approximate surface area is 246 Å². The first kappa shape index (κ1) is 39.4. The van der Waals surface area contributed by atoms with Gasteiger partial charge in [0.05, 0.1) is 24.9 Å². The van der Waals surface area contributed by atoms with Crippen LogP contribution in [-0.2, 0) is 14.6 Å². The van der Waals surface area contributed by atoms with Crippen LogP contribution in [0.25, 0.3) is 0 Å². The van der Waals surface area contributed by atoms with E-state index in [4.69, 9.17) is 21.4 Å². The normalized spacial score (nSPS) is 17.1. The van der Waals surface area contributed by atoms with Crippen LogP contribution in [0.4, 0.5) is 0 Å². The van der Waals surface area contributed by atoms with Gasteiger partial charge in [0.25, 0.3) is 0 Å². The van der Waals surface area contributed by atoms with E-state index in [0.717, 1.165) is 25.7 Å². The third kappa shape index (κ3) is 19.5. The summed E-state index contributed by atoms with van der Waals surface area (Å²) in [6.45, 7) is 2.40. The largest absolute Gasteiger partial charge is 0.393 e. The standard InChI is InChI=1S/C29H58ClNO9/c1-3-4-5-6-7-8-9-10-11-12-13-14-17-24(34)28(37)23(31-26(35)18-15-16-19-30)21-39-40-25(20-32)29(38)27(36)22(2)33/h22-25,27-29,32-34,36-38H,3-21H2,1-2H3,(H,31,35). The zero-order chi connectivity index (χ0) is 30.2. The van der Waals surface area contributed by atoms with Crippen LogP contribution in [0.5, 0.6) is 0 Å². The quantitative estimate of drug-likeness (QED) is 0.0309. The SMILES string of the molecule is CCCCCCCCCCCCCCC(O)C(O)C(COOC(CO)C(O)C(O)C(C)O)NC(=O)CCCCCl. The van der Waals surface area contributed by atoms with Gasteiger partial charge in [-0.2, -0.15) is 0 Å². The van der Waals surface area contributed by atoms with Crippen LogP contribution in [0.15, 0.2) is 0 Å². The van der Waals surface area contributed by atoms with E-state index in [2.05, 4.69) is 12.2 Å². The number of rotatable bonds is 28. The molecule has 0 aliphatic rings. The van der Waals surface area contributed by atoms with Crippen molar-refractivity contribution in [2.24, 2.45) is 0 Å². The van der Waals surface area contributed by atoms with Gasteiger partial charge in [-0.3, -0.25) is 4.79 Å². The zero-order valence-corrected chi connectivity index (χ0v) is 25.5. The first-order valence-electron chi connectivity index (χ1n) is 15.3. The molecule has 7 atom stereocenters. The Bertz CT molecular complexity index is 588. The smallest absolute Gasteiger partial charge is 0.220 e. The van der Waals surface area contributed by atoms with E-state index in [1.807, 2.05) is 0 Å². The Hall–Kier alpha value is -0.560. The van der Waals surface area contributed by atoms with E-state index in [-0.39, 0.29) is 18.9 Å². The van der Waals surface area contributed by atoms with Gasteiger partial charge in [-0.25, -0.2) is 9.78 Å². The summed E-state index contributed by atoms with van der Waals surface area (Å²) in [5.74, 6) is 0.0793. The average molecular weight is 600 g/mol. The summed E-state index contributed by atoms with van der Waals surface area (Å²) < 4.78 is 0. The van der Waals surface area contributed by atoms with Crippen molar-refractivity contribution in [3.8, 4) is 0 Å². The summed E-state index contributed by atoms with van der Waals surface area (Å²) in [6, 6.07) is -1.02. The molecule has 240 valence electrons. The third-order valence-corrected chi connectivity index (χ3v) is 7.41. The summed E-state index contributed by atoms with van der Waals surface area (Å²) in [4.78, 5) is 22.5. The summed E-state index contributed by atoms with van der Waals surface area (Å²) in [6.07, 6.45) is 7.68. The predicted octanol–water partition coefficient (Wildman–Crippen LogP) is 3.11. The number of halogens is 1. The fourth-order valence-corrected chi connectivity index (χ4v) is 4.61. The molecule has 1 amide bonds. The zero-order valence-electron chi connectivity index (χ0n) is 24.8. The van der Waals surface area contributed by atoms with Crippen molar-refractivity contribution in [1.29, 1.82) is 0 Å². The molecule has 0 aromatic heterocycles. The lowest BCUT2D eigenvalue weighted by atomic mass is 9.99. The summed E-state index contributed by atoms with van der Waals surface area (Å²) in [7, 11) is 0. The Morgan fingerprint density at radius 2 is 1.32 bits per heavy atom. The van der Waals surface area contributed by atoms with E-state index in [0.29, 0.717) is 25.1 Å². The van der Waals surface area contributed by atoms with Crippen LogP contribution in [0.3, 0.4) is 0 Å². The van der Waals surface area contributed by atoms with Gasteiger partial charge in [0.2, 0.25) is 5.91 Å². The Kier molecular flexibility index (Phi) is 25.7. The predicted molar refractivity (Wildman–Crippen MR) is 156 cm³/mol. The summed E-state index contributed by atoms with van der Waals surface area (Å²) in [5.41, 5.74) is 0. The number of aliphatic hydroxyl groups is 6. The molecule has 0 spiro atoms. The summed E-state index contributed by atoms with van der Waals surface area (Å²) >= 11 is 5.67. The third-order valence-electron chi connectivity index (χ3n) is 7.14. The van der Waals surface area contributed by atoms with Crippen LogP contribution in [-0.4, -0.2) is 98.3 Å². The van der Waals surface area contributed by atoms with Gasteiger partial charge < -0.3 is 36.0 Å². The number of amides is 1. The number of nitrogens with one attached hydrogen (secondary N) is 1. The lowest BCUT2D eigenvalue weighted by Crippen LogP contribution is -2.52. The van der Waals surface area contributed by atoms with E-state index >= 15 is 0 Å². The highest BCUT2D eigenvalue weighted by Crippen LogP contribution is 2.16. The molecule has 0 bridgehead atoms. The molecule has 0 aromatic rings. The number of alkyl halides is 1. The molecular formula is C29H58ClNO9. The van der Waals surface area contributed by atoms with Crippen molar-refractivity contribution in [2.45, 2.75) is 159 Å². The highest BCUT2D eigenvalue weighted by Gasteiger charge is 2.32. The Balaban J connectivity index is 4.60. The minimum Gasteiger partial charge on any atom is -0.393 e. The van der Waals surface area contributed by atoms with Gasteiger partial charge >= 0.3 is 0 Å². The highest BCUT2D eigenvalue weighted by molar-refractivity contribution is 6.17. The molecule has 40 heavy (non-hydrogen) atoms. The number of hydrogen-bond acceptors (Lipinski definition) is 9. The maximum atomic E-state index is 12.4. The second-order valence-electron chi connectivity index (χ2n) is 10.9. The number of unbranched alkanes of at least 4 members (excludes halogenated alkanes) is 12. The molecule has 0 rings (SSSR count). The van der Waals surface area contributed by atoms with Crippen LogP contribution < -0.4 is 5.32 Å². The molecule has 0 aliphatic carbocycles. The van der Waals surface area contributed by atoms with Crippen LogP contribution >= 0.6 is 11.6 Å². The average Bonchev–Trinajstić information content (AvgIpc) is 2.94. The number of hydrogen-bond donors (Lipinski definition) is 7. The van der Waals surface area contributed by atoms with Gasteiger partial charge in [-0.15, -0.1) is 11.6 Å². The van der Waals surface area contributed by atoms with E-state index in [1.165, 1.54) is 58.3 Å². The van der Waals surface area contributed by atoms with Gasteiger partial charge in [0.1, 0.15) is 31.0 Å². The van der Waals surface area contributed by atoms with Crippen LogP contribution in [0.2, 0.25) is 0 Å². The first-order valence-corrected chi connectivity index (χ1v) is 15.9. The van der Waals surface area contributed by atoms with E-state index in [9.17, 15) is 35.4 Å². The summed E-state index contributed by atoms with van der Waals surface area (Å²) in [5, 5.41) is 62.8. The van der Waals surface area contributed by atoms with Gasteiger partial charge in [0.15, 0.2) is 0 Å². The minimum absolute atomic E-state index is 0.185. The van der Waals surface area contributed by atoms with Gasteiger partial charge in [-0.1, -0.05) is 84.0 Å². The molecule has 10 nitrogen and oxygen atoms in total. The number of aliphatic hydroxyl groups excluding tert-OH is 6. The molecule has 0 aromatic carbocycles. The van der Waals surface area contributed by atoms with Crippen molar-refractivity contribution in [1.82, 2.24) is 5.32 Å². The van der Waals surface area contributed by atoms with Crippen molar-refractivity contribution < 1.29 is 45.2 Å². The molecule has 0 radical (unpaired) electrons. The van der Waals surface area contributed by atoms with Crippen LogP contribution in [0.1, 0.15) is 117 Å². The molecule has 0 fully saturated rings. The lowest BCUT2D eigenvalue weighted by molar-refractivity contribution is -0.352. The topological polar surface area (TPSA) is 169 Å². The maximum absolute atomic E-state index is 12.4. The molecule has 0 saturated carbocycles. The molecule has 0 heterocycles. The lowest BCUT2D eigenvalue weighted by Gasteiger charge is -2.29. The van der Waals surface area contributed by atoms with E-state index in [1.54, 1.807) is 0 Å². The molecule has 0 aliphatic heterocycles. The van der Waals surface area contributed by atoms with Crippen molar-refractivity contribution in [3.05, 3.63) is 0 Å². The molecular weight excluding hydrogens is 542 g/mol. The second-order valence-corrected chi connectivity index (χ2v) is 11.3. The van der Waals surface area contributed by atoms with Crippen molar-refractivity contribution >= 4 is 17.5 Å². The van der Waals surface area contributed by atoms with Crippen LogP contribution in [0, 0.1) is 0 Å².